The molecule has 0 atom stereocenters. The molecule has 0 spiro atoms. The number of aryl methyl sites for hydroxylation is 2. The van der Waals surface area contributed by atoms with Gasteiger partial charge in [-0.25, -0.2) is 6.57 Å². The summed E-state index contributed by atoms with van der Waals surface area (Å²) < 4.78 is 8.89. The van der Waals surface area contributed by atoms with E-state index in [0.717, 1.165) is 33.7 Å². The molecule has 3 aromatic carbocycles. The maximum Gasteiger partial charge on any atom is 0.257 e. The molecule has 0 unspecified atom stereocenters. The number of benzene rings is 3. The van der Waals surface area contributed by atoms with Crippen molar-refractivity contribution in [1.29, 1.82) is 0 Å². The van der Waals surface area contributed by atoms with E-state index in [9.17, 15) is 0 Å². The smallest absolute Gasteiger partial charge is 0.257 e. The zero-order valence-corrected chi connectivity index (χ0v) is 18.1. The van der Waals surface area contributed by atoms with Crippen molar-refractivity contribution in [1.82, 2.24) is 0 Å². The van der Waals surface area contributed by atoms with Crippen LogP contribution in [0, 0.1) is 20.4 Å². The quantitative estimate of drug-likeness (QED) is 0.249. The van der Waals surface area contributed by atoms with Crippen molar-refractivity contribution in [3.05, 3.63) is 76.6 Å². The molecular weight excluding hydrogens is 368 g/mol. The summed E-state index contributed by atoms with van der Waals surface area (Å²) in [6, 6.07) is 17.0. The molecule has 0 radical (unpaired) electrons. The fraction of sp³-hybridized carbons (Fsp3) is 0.259. The molecule has 0 fully saturated rings. The first-order valence-corrected chi connectivity index (χ1v) is 10.4. The monoisotopic (exact) mass is 393 g/mol. The maximum absolute atomic E-state index is 7.70. The zero-order chi connectivity index (χ0) is 21.2. The lowest BCUT2D eigenvalue weighted by molar-refractivity contribution is -0.633. The van der Waals surface area contributed by atoms with Gasteiger partial charge < -0.3 is 9.58 Å². The molecule has 0 saturated heterocycles. The van der Waals surface area contributed by atoms with E-state index in [1.807, 2.05) is 13.8 Å². The van der Waals surface area contributed by atoms with Crippen LogP contribution in [-0.4, -0.2) is 5.54 Å². The molecule has 4 aromatic rings. The van der Waals surface area contributed by atoms with Crippen molar-refractivity contribution in [3.63, 3.8) is 0 Å². The third-order valence-corrected chi connectivity index (χ3v) is 6.42. The van der Waals surface area contributed by atoms with Gasteiger partial charge in [0.05, 0.1) is 17.4 Å². The summed E-state index contributed by atoms with van der Waals surface area (Å²) in [5.41, 5.74) is 6.67. The SMILES string of the molecule is [C-]#[N+]C(C)(C)Cc1c2c([n+](C)c3ccccc13)-c1c(C)c(C)cc3cccc(c13)O2. The van der Waals surface area contributed by atoms with Crippen molar-refractivity contribution in [3.8, 4) is 22.8 Å². The summed E-state index contributed by atoms with van der Waals surface area (Å²) in [5.74, 6) is 1.79. The van der Waals surface area contributed by atoms with E-state index in [2.05, 4.69) is 78.8 Å². The Morgan fingerprint density at radius 3 is 2.60 bits per heavy atom. The fourth-order valence-corrected chi connectivity index (χ4v) is 4.75. The Balaban J connectivity index is 1.99. The van der Waals surface area contributed by atoms with Gasteiger partial charge in [0.1, 0.15) is 12.8 Å². The van der Waals surface area contributed by atoms with E-state index in [0.29, 0.717) is 6.42 Å². The predicted octanol–water partition coefficient (Wildman–Crippen LogP) is 6.45. The Bertz CT molecular complexity index is 1410. The van der Waals surface area contributed by atoms with Gasteiger partial charge in [-0.3, -0.25) is 0 Å². The minimum atomic E-state index is -0.506. The highest BCUT2D eigenvalue weighted by Gasteiger charge is 2.37. The molecule has 148 valence electrons. The number of para-hydroxylation sites is 1. The van der Waals surface area contributed by atoms with E-state index in [1.54, 1.807) is 0 Å². The first-order valence-electron chi connectivity index (χ1n) is 10.4. The van der Waals surface area contributed by atoms with Crippen LogP contribution < -0.4 is 9.30 Å². The van der Waals surface area contributed by atoms with Crippen molar-refractivity contribution in [2.24, 2.45) is 7.05 Å². The molecule has 1 aliphatic rings. The van der Waals surface area contributed by atoms with Gasteiger partial charge in [-0.2, -0.15) is 4.57 Å². The Hall–Kier alpha value is -3.38. The highest BCUT2D eigenvalue weighted by atomic mass is 16.5. The van der Waals surface area contributed by atoms with Gasteiger partial charge in [0.25, 0.3) is 5.69 Å². The zero-order valence-electron chi connectivity index (χ0n) is 18.1. The molecule has 2 heterocycles. The van der Waals surface area contributed by atoms with Crippen molar-refractivity contribution in [2.45, 2.75) is 39.7 Å². The molecule has 1 aliphatic heterocycles. The van der Waals surface area contributed by atoms with E-state index in [4.69, 9.17) is 11.3 Å². The number of fused-ring (bicyclic) bond motifs is 3. The summed E-state index contributed by atoms with van der Waals surface area (Å²) in [6.45, 7) is 16.1. The van der Waals surface area contributed by atoms with Crippen LogP contribution >= 0.6 is 0 Å². The normalized spacial score (nSPS) is 12.5. The molecule has 3 nitrogen and oxygen atoms in total. The van der Waals surface area contributed by atoms with Crippen molar-refractivity contribution < 1.29 is 9.30 Å². The third-order valence-electron chi connectivity index (χ3n) is 6.42. The molecule has 0 amide bonds. The predicted molar refractivity (Wildman–Crippen MR) is 122 cm³/mol. The summed E-state index contributed by atoms with van der Waals surface area (Å²) >= 11 is 0. The Morgan fingerprint density at radius 1 is 1.07 bits per heavy atom. The minimum Gasteiger partial charge on any atom is -0.449 e. The van der Waals surface area contributed by atoms with Crippen molar-refractivity contribution >= 4 is 21.7 Å². The molecule has 0 N–H and O–H groups in total. The van der Waals surface area contributed by atoms with Gasteiger partial charge in [0.15, 0.2) is 0 Å². The minimum absolute atomic E-state index is 0.506. The Kier molecular flexibility index (Phi) is 3.92. The Morgan fingerprint density at radius 2 is 1.83 bits per heavy atom. The van der Waals surface area contributed by atoms with E-state index >= 15 is 0 Å². The second-order valence-corrected chi connectivity index (χ2v) is 8.98. The number of ether oxygens (including phenoxy) is 1. The lowest BCUT2D eigenvalue weighted by Crippen LogP contribution is -2.35. The molecule has 5 rings (SSSR count). The molecule has 30 heavy (non-hydrogen) atoms. The van der Waals surface area contributed by atoms with Crippen LogP contribution in [0.3, 0.4) is 0 Å². The standard InChI is InChI=1S/C27H25N2O/c1-16-14-18-10-9-13-22-24(18)23(17(16)2)25-26(30-22)20(15-27(3,4)28-5)19-11-7-8-12-21(19)29(25)6/h7-14H,15H2,1-4,6H3/q+1. The molecule has 0 aliphatic carbocycles. The second-order valence-electron chi connectivity index (χ2n) is 8.98. The molecule has 3 heteroatoms. The second kappa shape index (κ2) is 6.31. The topological polar surface area (TPSA) is 17.5 Å². The molecule has 0 saturated carbocycles. The van der Waals surface area contributed by atoms with E-state index < -0.39 is 5.54 Å². The van der Waals surface area contributed by atoms with Gasteiger partial charge >= 0.3 is 0 Å². The van der Waals surface area contributed by atoms with Gasteiger partial charge in [0.2, 0.25) is 16.8 Å². The van der Waals surface area contributed by atoms with Crippen molar-refractivity contribution in [2.75, 3.05) is 0 Å². The van der Waals surface area contributed by atoms with E-state index in [1.165, 1.54) is 27.5 Å². The third kappa shape index (κ3) is 2.53. The number of hydrogen-bond donors (Lipinski definition) is 0. The highest BCUT2D eigenvalue weighted by molar-refractivity contribution is 6.05. The van der Waals surface area contributed by atoms with Crippen LogP contribution in [0.1, 0.15) is 30.5 Å². The summed E-state index contributed by atoms with van der Waals surface area (Å²) in [4.78, 5) is 3.90. The molecular formula is C27H25N2O+. The lowest BCUT2D eigenvalue weighted by Gasteiger charge is -2.25. The summed E-state index contributed by atoms with van der Waals surface area (Å²) in [5, 5.41) is 3.53. The van der Waals surface area contributed by atoms with Gasteiger partial charge in [-0.05, 0) is 42.5 Å². The average Bonchev–Trinajstić information content (AvgIpc) is 2.74. The lowest BCUT2D eigenvalue weighted by atomic mass is 9.86. The maximum atomic E-state index is 7.70. The Labute approximate surface area is 177 Å². The van der Waals surface area contributed by atoms with Gasteiger partial charge in [-0.1, -0.05) is 30.3 Å². The number of pyridine rings is 1. The largest absolute Gasteiger partial charge is 0.449 e. The van der Waals surface area contributed by atoms with Gasteiger partial charge in [0, 0.05) is 30.9 Å². The van der Waals surface area contributed by atoms with Crippen LogP contribution in [-0.2, 0) is 13.5 Å². The van der Waals surface area contributed by atoms with Crippen LogP contribution in [0.4, 0.5) is 0 Å². The van der Waals surface area contributed by atoms with E-state index in [-0.39, 0.29) is 0 Å². The van der Waals surface area contributed by atoms with Crippen LogP contribution in [0.2, 0.25) is 0 Å². The number of nitrogens with zero attached hydrogens (tertiary/aromatic N) is 2. The molecule has 0 bridgehead atoms. The number of hydrogen-bond acceptors (Lipinski definition) is 1. The van der Waals surface area contributed by atoms with Crippen LogP contribution in [0.5, 0.6) is 11.5 Å². The fourth-order valence-electron chi connectivity index (χ4n) is 4.75. The number of rotatable bonds is 2. The first kappa shape index (κ1) is 18.6. The van der Waals surface area contributed by atoms with Gasteiger partial charge in [-0.15, -0.1) is 0 Å². The first-order chi connectivity index (χ1) is 14.3. The summed E-state index contributed by atoms with van der Waals surface area (Å²) in [7, 11) is 2.12. The average molecular weight is 394 g/mol. The number of aromatic nitrogens is 1. The molecule has 1 aromatic heterocycles. The summed E-state index contributed by atoms with van der Waals surface area (Å²) in [6.07, 6.45) is 0.635. The highest BCUT2D eigenvalue weighted by Crippen LogP contribution is 2.50. The van der Waals surface area contributed by atoms with Crippen LogP contribution in [0.15, 0.2) is 48.5 Å². The van der Waals surface area contributed by atoms with Crippen LogP contribution in [0.25, 0.3) is 37.8 Å².